The zero-order chi connectivity index (χ0) is 11.4. The van der Waals surface area contributed by atoms with Gasteiger partial charge >= 0.3 is 0 Å². The minimum absolute atomic E-state index is 0.205. The first-order valence-corrected chi connectivity index (χ1v) is 6.12. The molecule has 0 amide bonds. The van der Waals surface area contributed by atoms with Gasteiger partial charge in [-0.2, -0.15) is 0 Å². The predicted octanol–water partition coefficient (Wildman–Crippen LogP) is 2.21. The summed E-state index contributed by atoms with van der Waals surface area (Å²) in [5.41, 5.74) is 0. The van der Waals surface area contributed by atoms with Crippen LogP contribution in [0, 0.1) is 0 Å². The van der Waals surface area contributed by atoms with Crippen LogP contribution in [0.15, 0.2) is 0 Å². The molecule has 0 aromatic heterocycles. The van der Waals surface area contributed by atoms with Crippen molar-refractivity contribution in [3.8, 4) is 0 Å². The molecule has 0 saturated heterocycles. The summed E-state index contributed by atoms with van der Waals surface area (Å²) in [5, 5.41) is 3.38. The van der Waals surface area contributed by atoms with Gasteiger partial charge in [-0.1, -0.05) is 26.2 Å². The van der Waals surface area contributed by atoms with E-state index < -0.39 is 0 Å². The molecule has 92 valence electrons. The van der Waals surface area contributed by atoms with Gasteiger partial charge in [0.2, 0.25) is 0 Å². The highest BCUT2D eigenvalue weighted by atomic mass is 16.5. The third-order valence-corrected chi connectivity index (χ3v) is 2.29. The van der Waals surface area contributed by atoms with Crippen LogP contribution in [0.4, 0.5) is 0 Å². The molecule has 0 fully saturated rings. The fourth-order valence-electron chi connectivity index (χ4n) is 1.42. The van der Waals surface area contributed by atoms with Crippen LogP contribution in [-0.2, 0) is 9.47 Å². The lowest BCUT2D eigenvalue weighted by atomic mass is 10.2. The number of hydrogen-bond acceptors (Lipinski definition) is 3. The molecule has 0 aromatic carbocycles. The average Bonchev–Trinajstić information content (AvgIpc) is 2.22. The number of hydrogen-bond donors (Lipinski definition) is 1. The molecule has 0 aliphatic heterocycles. The molecule has 0 spiro atoms. The molecule has 3 heteroatoms. The van der Waals surface area contributed by atoms with Crippen LogP contribution in [0.2, 0.25) is 0 Å². The van der Waals surface area contributed by atoms with Gasteiger partial charge in [0.25, 0.3) is 0 Å². The van der Waals surface area contributed by atoms with Gasteiger partial charge in [-0.3, -0.25) is 0 Å². The summed E-state index contributed by atoms with van der Waals surface area (Å²) in [4.78, 5) is 0. The van der Waals surface area contributed by atoms with Crippen LogP contribution in [-0.4, -0.2) is 39.5 Å². The third kappa shape index (κ3) is 11.8. The fourth-order valence-corrected chi connectivity index (χ4v) is 1.42. The van der Waals surface area contributed by atoms with Gasteiger partial charge in [0, 0.05) is 13.7 Å². The van der Waals surface area contributed by atoms with Crippen molar-refractivity contribution in [3.05, 3.63) is 0 Å². The molecule has 0 bridgehead atoms. The first-order chi connectivity index (χ1) is 7.31. The van der Waals surface area contributed by atoms with Crippen molar-refractivity contribution in [1.82, 2.24) is 5.32 Å². The first kappa shape index (κ1) is 14.9. The van der Waals surface area contributed by atoms with Crippen LogP contribution in [0.5, 0.6) is 0 Å². The smallest absolute Gasteiger partial charge is 0.0780 e. The molecule has 0 rings (SSSR count). The van der Waals surface area contributed by atoms with Crippen molar-refractivity contribution in [2.24, 2.45) is 0 Å². The van der Waals surface area contributed by atoms with E-state index in [1.165, 1.54) is 25.7 Å². The van der Waals surface area contributed by atoms with E-state index in [1.807, 2.05) is 6.92 Å². The van der Waals surface area contributed by atoms with E-state index in [4.69, 9.17) is 9.47 Å². The Hall–Kier alpha value is -0.120. The number of rotatable bonds is 11. The van der Waals surface area contributed by atoms with Gasteiger partial charge in [0.1, 0.15) is 0 Å². The van der Waals surface area contributed by atoms with Gasteiger partial charge in [-0.15, -0.1) is 0 Å². The van der Waals surface area contributed by atoms with E-state index in [0.29, 0.717) is 6.61 Å². The lowest BCUT2D eigenvalue weighted by Crippen LogP contribution is -2.24. The van der Waals surface area contributed by atoms with Gasteiger partial charge < -0.3 is 14.8 Å². The maximum Gasteiger partial charge on any atom is 0.0780 e. The predicted molar refractivity (Wildman–Crippen MR) is 64.3 cm³/mol. The lowest BCUT2D eigenvalue weighted by Gasteiger charge is -2.12. The minimum atomic E-state index is 0.205. The molecule has 0 radical (unpaired) electrons. The Morgan fingerprint density at radius 2 is 1.93 bits per heavy atom. The van der Waals surface area contributed by atoms with Crippen molar-refractivity contribution in [2.75, 3.05) is 33.4 Å². The molecule has 0 aliphatic rings. The largest absolute Gasteiger partial charge is 0.382 e. The topological polar surface area (TPSA) is 30.5 Å². The van der Waals surface area contributed by atoms with Gasteiger partial charge in [-0.05, 0) is 19.9 Å². The first-order valence-electron chi connectivity index (χ1n) is 6.12. The van der Waals surface area contributed by atoms with Crippen molar-refractivity contribution >= 4 is 0 Å². The maximum absolute atomic E-state index is 5.52. The second-order valence-corrected chi connectivity index (χ2v) is 3.95. The van der Waals surface area contributed by atoms with Gasteiger partial charge in [0.05, 0.1) is 19.3 Å². The maximum atomic E-state index is 5.52. The molecular formula is C12H27NO2. The summed E-state index contributed by atoms with van der Waals surface area (Å²) in [6.07, 6.45) is 5.48. The van der Waals surface area contributed by atoms with Crippen molar-refractivity contribution in [1.29, 1.82) is 0 Å². The van der Waals surface area contributed by atoms with Crippen molar-refractivity contribution in [3.63, 3.8) is 0 Å². The van der Waals surface area contributed by atoms with E-state index in [0.717, 1.165) is 19.7 Å². The zero-order valence-corrected chi connectivity index (χ0v) is 10.6. The molecule has 0 aliphatic carbocycles. The summed E-state index contributed by atoms with van der Waals surface area (Å²) in [7, 11) is 1.70. The van der Waals surface area contributed by atoms with Crippen LogP contribution in [0.3, 0.4) is 0 Å². The fraction of sp³-hybridized carbons (Fsp3) is 1.00. The van der Waals surface area contributed by atoms with E-state index in [1.54, 1.807) is 7.11 Å². The molecule has 0 saturated carbocycles. The van der Waals surface area contributed by atoms with Crippen LogP contribution < -0.4 is 5.32 Å². The van der Waals surface area contributed by atoms with E-state index in [-0.39, 0.29) is 6.10 Å². The highest BCUT2D eigenvalue weighted by molar-refractivity contribution is 4.50. The molecule has 1 unspecified atom stereocenters. The number of ether oxygens (including phenoxy) is 2. The number of methoxy groups -OCH3 is 1. The van der Waals surface area contributed by atoms with Gasteiger partial charge in [-0.25, -0.2) is 0 Å². The normalized spacial score (nSPS) is 13.0. The average molecular weight is 217 g/mol. The van der Waals surface area contributed by atoms with E-state index in [2.05, 4.69) is 12.2 Å². The lowest BCUT2D eigenvalue weighted by molar-refractivity contribution is 0.0108. The number of unbranched alkanes of at least 4 members (excludes halogenated alkanes) is 3. The SMILES string of the molecule is CCCCCCNCCOC(C)COC. The summed E-state index contributed by atoms with van der Waals surface area (Å²) >= 11 is 0. The summed E-state index contributed by atoms with van der Waals surface area (Å²) in [6, 6.07) is 0. The summed E-state index contributed by atoms with van der Waals surface area (Å²) in [5.74, 6) is 0. The summed E-state index contributed by atoms with van der Waals surface area (Å²) in [6.45, 7) is 7.78. The molecule has 0 aromatic rings. The highest BCUT2D eigenvalue weighted by Gasteiger charge is 1.99. The highest BCUT2D eigenvalue weighted by Crippen LogP contribution is 1.96. The van der Waals surface area contributed by atoms with Gasteiger partial charge in [0.15, 0.2) is 0 Å². The molecule has 0 heterocycles. The summed E-state index contributed by atoms with van der Waals surface area (Å²) < 4.78 is 10.5. The van der Waals surface area contributed by atoms with E-state index >= 15 is 0 Å². The monoisotopic (exact) mass is 217 g/mol. The van der Waals surface area contributed by atoms with Crippen LogP contribution >= 0.6 is 0 Å². The van der Waals surface area contributed by atoms with Crippen molar-refractivity contribution in [2.45, 2.75) is 45.6 Å². The Morgan fingerprint density at radius 1 is 1.13 bits per heavy atom. The third-order valence-electron chi connectivity index (χ3n) is 2.29. The second-order valence-electron chi connectivity index (χ2n) is 3.95. The Bertz CT molecular complexity index is 120. The minimum Gasteiger partial charge on any atom is -0.382 e. The Labute approximate surface area is 94.5 Å². The quantitative estimate of drug-likeness (QED) is 0.538. The Morgan fingerprint density at radius 3 is 2.60 bits per heavy atom. The molecule has 1 N–H and O–H groups in total. The Kier molecular flexibility index (Phi) is 11.9. The zero-order valence-electron chi connectivity index (χ0n) is 10.6. The van der Waals surface area contributed by atoms with Crippen LogP contribution in [0.1, 0.15) is 39.5 Å². The standard InChI is InChI=1S/C12H27NO2/c1-4-5-6-7-8-13-9-10-15-12(2)11-14-3/h12-13H,4-11H2,1-3H3. The van der Waals surface area contributed by atoms with Crippen molar-refractivity contribution < 1.29 is 9.47 Å². The molecular weight excluding hydrogens is 190 g/mol. The van der Waals surface area contributed by atoms with E-state index in [9.17, 15) is 0 Å². The second kappa shape index (κ2) is 12.0. The Balaban J connectivity index is 2.98. The van der Waals surface area contributed by atoms with Crippen LogP contribution in [0.25, 0.3) is 0 Å². The molecule has 3 nitrogen and oxygen atoms in total. The molecule has 15 heavy (non-hydrogen) atoms. The number of nitrogens with one attached hydrogen (secondary N) is 1. The molecule has 1 atom stereocenters.